The Bertz CT molecular complexity index is 1030. The van der Waals surface area contributed by atoms with Gasteiger partial charge >= 0.3 is 0 Å². The Kier molecular flexibility index (Phi) is 5.13. The highest BCUT2D eigenvalue weighted by Gasteiger charge is 2.14. The Morgan fingerprint density at radius 3 is 2.76 bits per heavy atom. The van der Waals surface area contributed by atoms with E-state index in [1.165, 1.54) is 15.9 Å². The van der Waals surface area contributed by atoms with Gasteiger partial charge in [0, 0.05) is 9.90 Å². The highest BCUT2D eigenvalue weighted by atomic mass is 35.5. The van der Waals surface area contributed by atoms with Crippen molar-refractivity contribution in [3.05, 3.63) is 55.4 Å². The fraction of sp³-hybridized carbons (Fsp3) is 0.235. The quantitative estimate of drug-likeness (QED) is 0.716. The van der Waals surface area contributed by atoms with E-state index in [-0.39, 0.29) is 18.0 Å². The summed E-state index contributed by atoms with van der Waals surface area (Å²) in [7, 11) is 0. The Balaban J connectivity index is 1.89. The number of hydrogen-bond donors (Lipinski definition) is 1. The minimum Gasteiger partial charge on any atom is -0.323 e. The highest BCUT2D eigenvalue weighted by Crippen LogP contribution is 2.25. The van der Waals surface area contributed by atoms with E-state index in [0.717, 1.165) is 11.3 Å². The number of thiophene rings is 1. The third kappa shape index (κ3) is 3.71. The molecule has 0 saturated heterocycles. The molecule has 0 atom stereocenters. The number of carbonyl (C=O) groups excluding carboxylic acids is 1. The van der Waals surface area contributed by atoms with E-state index in [1.807, 2.05) is 13.0 Å². The van der Waals surface area contributed by atoms with E-state index in [2.05, 4.69) is 10.3 Å². The standard InChI is InChI=1S/C17H15Cl2N3O2S/c1-3-11-7-12-16(25-11)20-9(2)22(17(12)24)8-15(23)21-14-5-4-10(18)6-13(14)19/h4-7H,3,8H2,1-2H3,(H,21,23). The van der Waals surface area contributed by atoms with Crippen LogP contribution in [0.15, 0.2) is 29.1 Å². The highest BCUT2D eigenvalue weighted by molar-refractivity contribution is 7.18. The summed E-state index contributed by atoms with van der Waals surface area (Å²) in [5.74, 6) is 0.140. The van der Waals surface area contributed by atoms with Gasteiger partial charge in [-0.05, 0) is 37.6 Å². The van der Waals surface area contributed by atoms with Crippen LogP contribution in [0.25, 0.3) is 10.2 Å². The van der Waals surface area contributed by atoms with E-state index in [9.17, 15) is 9.59 Å². The first-order valence-electron chi connectivity index (χ1n) is 7.63. The Hall–Kier alpha value is -1.89. The number of carbonyl (C=O) groups is 1. The molecule has 1 aromatic carbocycles. The maximum atomic E-state index is 12.7. The van der Waals surface area contributed by atoms with Crippen LogP contribution in [0.1, 0.15) is 17.6 Å². The van der Waals surface area contributed by atoms with Crippen molar-refractivity contribution in [2.45, 2.75) is 26.8 Å². The van der Waals surface area contributed by atoms with Gasteiger partial charge in [0.1, 0.15) is 17.2 Å². The summed E-state index contributed by atoms with van der Waals surface area (Å²) in [5, 5.41) is 4.05. The molecule has 25 heavy (non-hydrogen) atoms. The molecule has 0 aliphatic rings. The molecule has 0 unspecified atom stereocenters. The molecular formula is C17H15Cl2N3O2S. The Morgan fingerprint density at radius 1 is 1.32 bits per heavy atom. The molecule has 1 amide bonds. The lowest BCUT2D eigenvalue weighted by atomic mass is 10.3. The molecule has 8 heteroatoms. The largest absolute Gasteiger partial charge is 0.323 e. The van der Waals surface area contributed by atoms with Gasteiger partial charge in [-0.15, -0.1) is 11.3 Å². The van der Waals surface area contributed by atoms with Crippen molar-refractivity contribution in [3.8, 4) is 0 Å². The average molecular weight is 396 g/mol. The molecule has 130 valence electrons. The summed E-state index contributed by atoms with van der Waals surface area (Å²) in [4.78, 5) is 31.3. The number of hydrogen-bond acceptors (Lipinski definition) is 4. The van der Waals surface area contributed by atoms with Crippen molar-refractivity contribution >= 4 is 56.3 Å². The van der Waals surface area contributed by atoms with Crippen molar-refractivity contribution in [3.63, 3.8) is 0 Å². The summed E-state index contributed by atoms with van der Waals surface area (Å²) in [6, 6.07) is 6.64. The molecule has 0 aliphatic carbocycles. The number of nitrogens with zero attached hydrogens (tertiary/aromatic N) is 2. The second-order valence-electron chi connectivity index (χ2n) is 5.51. The minimum absolute atomic E-state index is 0.135. The second-order valence-corrected chi connectivity index (χ2v) is 7.47. The van der Waals surface area contributed by atoms with Gasteiger partial charge in [0.25, 0.3) is 5.56 Å². The van der Waals surface area contributed by atoms with Crippen LogP contribution in [-0.2, 0) is 17.8 Å². The molecule has 0 spiro atoms. The van der Waals surface area contributed by atoms with Crippen molar-refractivity contribution in [1.29, 1.82) is 0 Å². The first-order valence-corrected chi connectivity index (χ1v) is 9.21. The van der Waals surface area contributed by atoms with Gasteiger partial charge in [0.2, 0.25) is 5.91 Å². The number of benzene rings is 1. The lowest BCUT2D eigenvalue weighted by Gasteiger charge is -2.11. The fourth-order valence-electron chi connectivity index (χ4n) is 2.45. The maximum Gasteiger partial charge on any atom is 0.262 e. The van der Waals surface area contributed by atoms with Crippen LogP contribution in [0.4, 0.5) is 5.69 Å². The van der Waals surface area contributed by atoms with E-state index in [0.29, 0.717) is 31.8 Å². The number of amides is 1. The van der Waals surface area contributed by atoms with Gasteiger partial charge in [-0.2, -0.15) is 0 Å². The number of fused-ring (bicyclic) bond motifs is 1. The number of aryl methyl sites for hydroxylation is 2. The first-order chi connectivity index (χ1) is 11.9. The molecule has 2 aromatic heterocycles. The van der Waals surface area contributed by atoms with Gasteiger partial charge in [-0.1, -0.05) is 30.1 Å². The Labute approximate surface area is 158 Å². The van der Waals surface area contributed by atoms with E-state index in [4.69, 9.17) is 23.2 Å². The zero-order chi connectivity index (χ0) is 18.1. The molecule has 0 aliphatic heterocycles. The molecule has 5 nitrogen and oxygen atoms in total. The second kappa shape index (κ2) is 7.15. The molecule has 3 rings (SSSR count). The van der Waals surface area contributed by atoms with E-state index < -0.39 is 0 Å². The van der Waals surface area contributed by atoms with Crippen LogP contribution in [0.2, 0.25) is 10.0 Å². The maximum absolute atomic E-state index is 12.7. The summed E-state index contributed by atoms with van der Waals surface area (Å²) < 4.78 is 1.37. The van der Waals surface area contributed by atoms with Crippen LogP contribution in [-0.4, -0.2) is 15.5 Å². The summed E-state index contributed by atoms with van der Waals surface area (Å²) in [5.41, 5.74) is 0.232. The summed E-state index contributed by atoms with van der Waals surface area (Å²) in [6.07, 6.45) is 0.842. The van der Waals surface area contributed by atoms with Crippen LogP contribution >= 0.6 is 34.5 Å². The summed E-state index contributed by atoms with van der Waals surface area (Å²) >= 11 is 13.4. The fourth-order valence-corrected chi connectivity index (χ4v) is 3.91. The topological polar surface area (TPSA) is 64.0 Å². The van der Waals surface area contributed by atoms with Crippen molar-refractivity contribution in [1.82, 2.24) is 9.55 Å². The van der Waals surface area contributed by atoms with E-state index >= 15 is 0 Å². The van der Waals surface area contributed by atoms with Crippen LogP contribution in [0.3, 0.4) is 0 Å². The molecule has 0 fully saturated rings. The third-order valence-corrected chi connectivity index (χ3v) is 5.47. The summed E-state index contributed by atoms with van der Waals surface area (Å²) in [6.45, 7) is 3.61. The smallest absolute Gasteiger partial charge is 0.262 e. The van der Waals surface area contributed by atoms with Gasteiger partial charge in [-0.3, -0.25) is 14.2 Å². The minimum atomic E-state index is -0.360. The van der Waals surface area contributed by atoms with Crippen molar-refractivity contribution < 1.29 is 4.79 Å². The van der Waals surface area contributed by atoms with Gasteiger partial charge < -0.3 is 5.32 Å². The zero-order valence-corrected chi connectivity index (χ0v) is 15.9. The van der Waals surface area contributed by atoms with Crippen LogP contribution in [0.5, 0.6) is 0 Å². The third-order valence-electron chi connectivity index (χ3n) is 3.75. The molecule has 2 heterocycles. The van der Waals surface area contributed by atoms with Crippen molar-refractivity contribution in [2.75, 3.05) is 5.32 Å². The lowest BCUT2D eigenvalue weighted by Crippen LogP contribution is -2.29. The molecule has 0 radical (unpaired) electrons. The number of rotatable bonds is 4. The predicted molar refractivity (Wildman–Crippen MR) is 103 cm³/mol. The number of nitrogens with one attached hydrogen (secondary N) is 1. The first kappa shape index (κ1) is 17.9. The normalized spacial score (nSPS) is 11.0. The molecule has 0 saturated carbocycles. The van der Waals surface area contributed by atoms with E-state index in [1.54, 1.807) is 25.1 Å². The molecule has 0 bridgehead atoms. The molecular weight excluding hydrogens is 381 g/mol. The Morgan fingerprint density at radius 2 is 2.08 bits per heavy atom. The van der Waals surface area contributed by atoms with Crippen LogP contribution < -0.4 is 10.9 Å². The van der Waals surface area contributed by atoms with Crippen molar-refractivity contribution in [2.24, 2.45) is 0 Å². The average Bonchev–Trinajstić information content (AvgIpc) is 2.97. The molecule has 1 N–H and O–H groups in total. The molecule has 3 aromatic rings. The number of aromatic nitrogens is 2. The SMILES string of the molecule is CCc1cc2c(=O)n(CC(=O)Nc3ccc(Cl)cc3Cl)c(C)nc2s1. The predicted octanol–water partition coefficient (Wildman–Crippen LogP) is 4.27. The lowest BCUT2D eigenvalue weighted by molar-refractivity contribution is -0.116. The number of anilines is 1. The van der Waals surface area contributed by atoms with Crippen LogP contribution in [0, 0.1) is 6.92 Å². The zero-order valence-electron chi connectivity index (χ0n) is 13.6. The van der Waals surface area contributed by atoms with Gasteiger partial charge in [-0.25, -0.2) is 4.98 Å². The van der Waals surface area contributed by atoms with Gasteiger partial charge in [0.15, 0.2) is 0 Å². The number of halogens is 2. The van der Waals surface area contributed by atoms with Gasteiger partial charge in [0.05, 0.1) is 16.1 Å². The monoisotopic (exact) mass is 395 g/mol.